The number of carbonyl (C=O) groups is 2. The molecule has 216 valence electrons. The number of hydrogen-bond donors (Lipinski definition) is 4. The summed E-state index contributed by atoms with van der Waals surface area (Å²) >= 11 is 0. The molecule has 1 aliphatic carbocycles. The maximum atomic E-state index is 11.8. The number of rotatable bonds is 6. The number of aromatic amines is 1. The van der Waals surface area contributed by atoms with Gasteiger partial charge in [-0.2, -0.15) is 13.2 Å². The first-order valence-corrected chi connectivity index (χ1v) is 13.5. The molecule has 5 rings (SSSR count). The van der Waals surface area contributed by atoms with E-state index in [9.17, 15) is 23.1 Å². The molecule has 3 aromatic carbocycles. The minimum absolute atomic E-state index is 0.218. The van der Waals surface area contributed by atoms with Crippen molar-refractivity contribution in [2.45, 2.75) is 64.2 Å². The van der Waals surface area contributed by atoms with Gasteiger partial charge in [0, 0.05) is 12.6 Å². The van der Waals surface area contributed by atoms with Gasteiger partial charge < -0.3 is 20.5 Å². The smallest absolute Gasteiger partial charge is 0.478 e. The average Bonchev–Trinajstić information content (AvgIpc) is 3.13. The number of H-pyrrole nitrogens is 1. The number of fused-ring (bicyclic) bond motifs is 1. The fourth-order valence-electron chi connectivity index (χ4n) is 5.11. The number of hydrogen-bond acceptors (Lipinski definition) is 4. The number of benzene rings is 3. The van der Waals surface area contributed by atoms with Crippen LogP contribution < -0.4 is 5.32 Å². The van der Waals surface area contributed by atoms with Gasteiger partial charge in [0.25, 0.3) is 0 Å². The predicted octanol–water partition coefficient (Wildman–Crippen LogP) is 7.35. The SMILES string of the molecule is Cc1nc2c(C(=O)O)cc(-c3ccc(-c4ccccc4CNC4CCCCCC4)cc3)cc2[nH]1.O=C(O)C(F)(F)F. The van der Waals surface area contributed by atoms with Crippen LogP contribution in [0.15, 0.2) is 60.7 Å². The highest BCUT2D eigenvalue weighted by atomic mass is 19.4. The number of imidazole rings is 1. The van der Waals surface area contributed by atoms with Crippen molar-refractivity contribution in [3.63, 3.8) is 0 Å². The molecule has 4 N–H and O–H groups in total. The van der Waals surface area contributed by atoms with E-state index in [1.807, 2.05) is 13.0 Å². The molecular formula is C31H32F3N3O4. The monoisotopic (exact) mass is 567 g/mol. The Morgan fingerprint density at radius 2 is 1.54 bits per heavy atom. The Hall–Kier alpha value is -4.18. The number of carboxylic acids is 2. The van der Waals surface area contributed by atoms with Gasteiger partial charge in [-0.1, -0.05) is 74.2 Å². The van der Waals surface area contributed by atoms with Crippen LogP contribution in [-0.4, -0.2) is 44.3 Å². The van der Waals surface area contributed by atoms with Crippen LogP contribution in [0.1, 0.15) is 60.3 Å². The van der Waals surface area contributed by atoms with E-state index in [4.69, 9.17) is 9.90 Å². The summed E-state index contributed by atoms with van der Waals surface area (Å²) < 4.78 is 31.7. The lowest BCUT2D eigenvalue weighted by Crippen LogP contribution is -2.28. The summed E-state index contributed by atoms with van der Waals surface area (Å²) in [6.07, 6.45) is 2.84. The fraction of sp³-hybridized carbons (Fsp3) is 0.323. The molecular weight excluding hydrogens is 535 g/mol. The number of aromatic carboxylic acids is 1. The van der Waals surface area contributed by atoms with Crippen LogP contribution in [0.25, 0.3) is 33.3 Å². The summed E-state index contributed by atoms with van der Waals surface area (Å²) in [5.41, 5.74) is 7.02. The molecule has 1 heterocycles. The number of aliphatic carboxylic acids is 1. The van der Waals surface area contributed by atoms with Crippen LogP contribution in [0.3, 0.4) is 0 Å². The second kappa shape index (κ2) is 13.0. The summed E-state index contributed by atoms with van der Waals surface area (Å²) in [4.78, 5) is 28.2. The predicted molar refractivity (Wildman–Crippen MR) is 151 cm³/mol. The zero-order valence-electron chi connectivity index (χ0n) is 22.6. The zero-order valence-corrected chi connectivity index (χ0v) is 22.6. The molecule has 0 unspecified atom stereocenters. The van der Waals surface area contributed by atoms with Crippen LogP contribution in [0.5, 0.6) is 0 Å². The standard InChI is InChI=1S/C29H31N3O2.C2HF3O2/c1-19-31-27-17-23(16-26(29(33)34)28(27)32-19)20-12-14-21(15-13-20)25-11-7-6-8-22(25)18-30-24-9-4-2-3-5-10-24;3-2(4,5)1(6)7/h6-8,11-17,24,30H,2-5,9-10,18H2,1H3,(H,31,32)(H,33,34);(H,6,7). The van der Waals surface area contributed by atoms with Crippen molar-refractivity contribution < 1.29 is 33.0 Å². The molecule has 0 amide bonds. The second-order valence-electron chi connectivity index (χ2n) is 10.2. The largest absolute Gasteiger partial charge is 0.490 e. The summed E-state index contributed by atoms with van der Waals surface area (Å²) in [5, 5.41) is 20.6. The molecule has 10 heteroatoms. The van der Waals surface area contributed by atoms with E-state index in [-0.39, 0.29) is 5.56 Å². The lowest BCUT2D eigenvalue weighted by atomic mass is 9.96. The summed E-state index contributed by atoms with van der Waals surface area (Å²) in [6.45, 7) is 2.71. The Labute approximate surface area is 235 Å². The van der Waals surface area contributed by atoms with Crippen molar-refractivity contribution in [1.29, 1.82) is 0 Å². The molecule has 1 fully saturated rings. The van der Waals surface area contributed by atoms with E-state index < -0.39 is 18.1 Å². The van der Waals surface area contributed by atoms with Gasteiger partial charge in [-0.05, 0) is 59.7 Å². The minimum atomic E-state index is -5.08. The van der Waals surface area contributed by atoms with Gasteiger partial charge in [-0.15, -0.1) is 0 Å². The average molecular weight is 568 g/mol. The third-order valence-electron chi connectivity index (χ3n) is 7.16. The van der Waals surface area contributed by atoms with Gasteiger partial charge in [-0.3, -0.25) is 0 Å². The number of carboxylic acid groups (broad SMARTS) is 2. The summed E-state index contributed by atoms with van der Waals surface area (Å²) in [7, 11) is 0. The summed E-state index contributed by atoms with van der Waals surface area (Å²) in [5.74, 6) is -3.02. The molecule has 0 radical (unpaired) electrons. The molecule has 1 aliphatic rings. The first-order chi connectivity index (χ1) is 19.5. The van der Waals surface area contributed by atoms with Crippen molar-refractivity contribution in [2.24, 2.45) is 0 Å². The first kappa shape index (κ1) is 29.8. The number of aromatic nitrogens is 2. The molecule has 7 nitrogen and oxygen atoms in total. The molecule has 1 aromatic heterocycles. The van der Waals surface area contributed by atoms with Crippen LogP contribution >= 0.6 is 0 Å². The third-order valence-corrected chi connectivity index (χ3v) is 7.16. The number of halogens is 3. The first-order valence-electron chi connectivity index (χ1n) is 13.5. The van der Waals surface area contributed by atoms with Crippen molar-refractivity contribution in [3.8, 4) is 22.3 Å². The Kier molecular flexibility index (Phi) is 9.44. The Bertz CT molecular complexity index is 1510. The lowest BCUT2D eigenvalue weighted by Gasteiger charge is -2.18. The van der Waals surface area contributed by atoms with Gasteiger partial charge in [0.15, 0.2) is 0 Å². The van der Waals surface area contributed by atoms with Gasteiger partial charge in [-0.25, -0.2) is 14.6 Å². The Morgan fingerprint density at radius 3 is 2.15 bits per heavy atom. The Balaban J connectivity index is 0.000000493. The number of nitrogens with one attached hydrogen (secondary N) is 2. The number of aryl methyl sites for hydroxylation is 1. The molecule has 0 spiro atoms. The molecule has 0 atom stereocenters. The van der Waals surface area contributed by atoms with Gasteiger partial charge in [0.05, 0.1) is 11.1 Å². The van der Waals surface area contributed by atoms with E-state index in [0.29, 0.717) is 17.4 Å². The van der Waals surface area contributed by atoms with E-state index >= 15 is 0 Å². The number of alkyl halides is 3. The van der Waals surface area contributed by atoms with E-state index in [1.54, 1.807) is 6.07 Å². The van der Waals surface area contributed by atoms with Crippen molar-refractivity contribution >= 4 is 23.0 Å². The maximum Gasteiger partial charge on any atom is 0.490 e. The van der Waals surface area contributed by atoms with Crippen LogP contribution in [0.4, 0.5) is 13.2 Å². The maximum absolute atomic E-state index is 11.8. The quantitative estimate of drug-likeness (QED) is 0.181. The van der Waals surface area contributed by atoms with Gasteiger partial charge >= 0.3 is 18.1 Å². The molecule has 4 aromatic rings. The summed E-state index contributed by atoms with van der Waals surface area (Å²) in [6, 6.07) is 21.3. The third kappa shape index (κ3) is 7.73. The van der Waals surface area contributed by atoms with Crippen LogP contribution in [0.2, 0.25) is 0 Å². The van der Waals surface area contributed by atoms with Crippen molar-refractivity contribution in [2.75, 3.05) is 0 Å². The van der Waals surface area contributed by atoms with Gasteiger partial charge in [0.2, 0.25) is 0 Å². The number of nitrogens with zero attached hydrogens (tertiary/aromatic N) is 1. The molecule has 41 heavy (non-hydrogen) atoms. The van der Waals surface area contributed by atoms with Crippen LogP contribution in [-0.2, 0) is 11.3 Å². The molecule has 0 aliphatic heterocycles. The molecule has 0 saturated heterocycles. The fourth-order valence-corrected chi connectivity index (χ4v) is 5.11. The normalized spacial score (nSPS) is 14.2. The van der Waals surface area contributed by atoms with E-state index in [0.717, 1.165) is 23.2 Å². The minimum Gasteiger partial charge on any atom is -0.478 e. The highest BCUT2D eigenvalue weighted by Gasteiger charge is 2.38. The Morgan fingerprint density at radius 1 is 0.927 bits per heavy atom. The van der Waals surface area contributed by atoms with Crippen molar-refractivity contribution in [1.82, 2.24) is 15.3 Å². The van der Waals surface area contributed by atoms with E-state index in [1.165, 1.54) is 55.2 Å². The topological polar surface area (TPSA) is 115 Å². The van der Waals surface area contributed by atoms with Crippen molar-refractivity contribution in [3.05, 3.63) is 77.6 Å². The van der Waals surface area contributed by atoms with Gasteiger partial charge in [0.1, 0.15) is 11.3 Å². The van der Waals surface area contributed by atoms with Crippen LogP contribution in [0, 0.1) is 6.92 Å². The molecule has 0 bridgehead atoms. The van der Waals surface area contributed by atoms with E-state index in [2.05, 4.69) is 63.8 Å². The highest BCUT2D eigenvalue weighted by Crippen LogP contribution is 2.30. The lowest BCUT2D eigenvalue weighted by molar-refractivity contribution is -0.192. The molecule has 1 saturated carbocycles. The second-order valence-corrected chi connectivity index (χ2v) is 10.2. The zero-order chi connectivity index (χ0) is 29.6. The highest BCUT2D eigenvalue weighted by molar-refractivity contribution is 6.03.